The van der Waals surface area contributed by atoms with E-state index in [9.17, 15) is 24.6 Å². The number of thioether (sulfide) groups is 1. The smallest absolute Gasteiger partial charge is 0.339 e. The molecule has 4 aromatic rings. The minimum atomic E-state index is -1.30. The highest BCUT2D eigenvalue weighted by Gasteiger charge is 2.23. The van der Waals surface area contributed by atoms with Crippen molar-refractivity contribution >= 4 is 40.9 Å². The van der Waals surface area contributed by atoms with Crippen LogP contribution in [0.3, 0.4) is 0 Å². The van der Waals surface area contributed by atoms with Crippen molar-refractivity contribution in [2.45, 2.75) is 17.1 Å². The van der Waals surface area contributed by atoms with Gasteiger partial charge in [0.2, 0.25) is 5.91 Å². The molecule has 0 spiro atoms. The van der Waals surface area contributed by atoms with E-state index in [2.05, 4.69) is 10.6 Å². The number of aromatic hydroxyl groups is 1. The minimum Gasteiger partial charge on any atom is -0.507 e. The number of carbonyl (C=O) groups excluding carboxylic acids is 2. The van der Waals surface area contributed by atoms with Crippen LogP contribution in [0.1, 0.15) is 37.1 Å². The number of carboxylic acid groups (broad SMARTS) is 1. The topological polar surface area (TPSA) is 116 Å². The van der Waals surface area contributed by atoms with Gasteiger partial charge in [-0.25, -0.2) is 4.79 Å². The second kappa shape index (κ2) is 11.5. The van der Waals surface area contributed by atoms with Crippen molar-refractivity contribution in [1.82, 2.24) is 0 Å². The first-order valence-corrected chi connectivity index (χ1v) is 12.2. The van der Waals surface area contributed by atoms with Gasteiger partial charge in [0.05, 0.1) is 0 Å². The monoisotopic (exact) mass is 512 g/mol. The van der Waals surface area contributed by atoms with Crippen LogP contribution in [0.25, 0.3) is 0 Å². The second-order valence-electron chi connectivity index (χ2n) is 8.29. The van der Waals surface area contributed by atoms with Crippen molar-refractivity contribution in [3.63, 3.8) is 0 Å². The largest absolute Gasteiger partial charge is 0.507 e. The van der Waals surface area contributed by atoms with Gasteiger partial charge >= 0.3 is 5.97 Å². The van der Waals surface area contributed by atoms with Crippen molar-refractivity contribution in [3.8, 4) is 5.75 Å². The molecule has 1 atom stereocenters. The zero-order valence-electron chi connectivity index (χ0n) is 19.8. The molecule has 0 radical (unpaired) electrons. The Labute approximate surface area is 218 Å². The lowest BCUT2D eigenvalue weighted by Crippen LogP contribution is -2.19. The van der Waals surface area contributed by atoms with Crippen molar-refractivity contribution < 1.29 is 24.6 Å². The third-order valence-electron chi connectivity index (χ3n) is 5.46. The van der Waals surface area contributed by atoms with E-state index in [1.807, 2.05) is 61.5 Å². The van der Waals surface area contributed by atoms with Gasteiger partial charge in [0, 0.05) is 21.8 Å². The van der Waals surface area contributed by atoms with Gasteiger partial charge in [-0.15, -0.1) is 11.8 Å². The highest BCUT2D eigenvalue weighted by molar-refractivity contribution is 8.00. The average Bonchev–Trinajstić information content (AvgIpc) is 2.89. The van der Waals surface area contributed by atoms with Crippen LogP contribution in [0.4, 0.5) is 11.4 Å². The molecule has 1 unspecified atom stereocenters. The molecule has 0 aliphatic rings. The maximum atomic E-state index is 13.4. The summed E-state index contributed by atoms with van der Waals surface area (Å²) in [4.78, 5) is 38.2. The van der Waals surface area contributed by atoms with Gasteiger partial charge in [-0.05, 0) is 61.0 Å². The fourth-order valence-corrected chi connectivity index (χ4v) is 4.75. The van der Waals surface area contributed by atoms with E-state index in [1.165, 1.54) is 30.0 Å². The van der Waals surface area contributed by atoms with Crippen LogP contribution in [0.5, 0.6) is 5.75 Å². The summed E-state index contributed by atoms with van der Waals surface area (Å²) in [6.45, 7) is 1.92. The molecular weight excluding hydrogens is 488 g/mol. The average molecular weight is 513 g/mol. The number of hydrogen-bond donors (Lipinski definition) is 4. The van der Waals surface area contributed by atoms with Crippen LogP contribution < -0.4 is 10.6 Å². The molecule has 4 rings (SSSR count). The van der Waals surface area contributed by atoms with E-state index in [-0.39, 0.29) is 28.8 Å². The van der Waals surface area contributed by atoms with Crippen LogP contribution in [-0.2, 0) is 4.79 Å². The zero-order chi connectivity index (χ0) is 26.4. The van der Waals surface area contributed by atoms with Crippen molar-refractivity contribution in [2.24, 2.45) is 0 Å². The standard InChI is InChI=1S/C29H24N2O5S/c1-18-7-5-10-20(15-18)27(33)30-21-11-6-12-23(16-21)37-26(19-8-3-2-4-9-19)28(34)31-22-13-14-25(32)24(17-22)29(35)36/h2-17,26,32H,1H3,(H,30,33)(H,31,34)(H,35,36). The number of nitrogens with one attached hydrogen (secondary N) is 2. The number of aromatic carboxylic acids is 1. The maximum absolute atomic E-state index is 13.4. The summed E-state index contributed by atoms with van der Waals surface area (Å²) < 4.78 is 0. The molecule has 0 saturated carbocycles. The molecule has 0 fully saturated rings. The van der Waals surface area contributed by atoms with Crippen LogP contribution in [-0.4, -0.2) is 28.0 Å². The molecule has 8 heteroatoms. The van der Waals surface area contributed by atoms with E-state index in [0.717, 1.165) is 16.0 Å². The number of benzene rings is 4. The van der Waals surface area contributed by atoms with Gasteiger partial charge in [0.25, 0.3) is 5.91 Å². The summed E-state index contributed by atoms with van der Waals surface area (Å²) in [6.07, 6.45) is 0. The molecule has 0 saturated heterocycles. The first-order chi connectivity index (χ1) is 17.8. The summed E-state index contributed by atoms with van der Waals surface area (Å²) in [5.41, 5.74) is 2.82. The van der Waals surface area contributed by atoms with Crippen LogP contribution >= 0.6 is 11.8 Å². The third-order valence-corrected chi connectivity index (χ3v) is 6.71. The SMILES string of the molecule is Cc1cccc(C(=O)Nc2cccc(SC(C(=O)Nc3ccc(O)c(C(=O)O)c3)c3ccccc3)c2)c1. The maximum Gasteiger partial charge on any atom is 0.339 e. The predicted molar refractivity (Wildman–Crippen MR) is 144 cm³/mol. The molecular formula is C29H24N2O5S. The van der Waals surface area contributed by atoms with E-state index >= 15 is 0 Å². The zero-order valence-corrected chi connectivity index (χ0v) is 20.7. The minimum absolute atomic E-state index is 0.232. The Balaban J connectivity index is 1.56. The number of phenols is 1. The number of aryl methyl sites for hydroxylation is 1. The lowest BCUT2D eigenvalue weighted by Gasteiger charge is -2.18. The molecule has 0 bridgehead atoms. The van der Waals surface area contributed by atoms with Crippen LogP contribution in [0, 0.1) is 6.92 Å². The fraction of sp³-hybridized carbons (Fsp3) is 0.0690. The molecule has 0 aliphatic heterocycles. The van der Waals surface area contributed by atoms with Gasteiger partial charge in [0.15, 0.2) is 0 Å². The van der Waals surface area contributed by atoms with E-state index in [0.29, 0.717) is 11.3 Å². The van der Waals surface area contributed by atoms with Crippen molar-refractivity contribution in [2.75, 3.05) is 10.6 Å². The highest BCUT2D eigenvalue weighted by Crippen LogP contribution is 2.37. The molecule has 7 nitrogen and oxygen atoms in total. The first kappa shape index (κ1) is 25.5. The molecule has 0 aliphatic carbocycles. The van der Waals surface area contributed by atoms with Gasteiger partial charge < -0.3 is 20.8 Å². The number of carboxylic acids is 1. The quantitative estimate of drug-likeness (QED) is 0.167. The molecule has 0 aromatic heterocycles. The summed E-state index contributed by atoms with van der Waals surface area (Å²) in [6, 6.07) is 27.6. The number of rotatable bonds is 8. The fourth-order valence-electron chi connectivity index (χ4n) is 3.67. The Hall–Kier alpha value is -4.56. The number of carbonyl (C=O) groups is 3. The Morgan fingerprint density at radius 2 is 1.51 bits per heavy atom. The van der Waals surface area contributed by atoms with E-state index in [1.54, 1.807) is 24.3 Å². The third kappa shape index (κ3) is 6.56. The van der Waals surface area contributed by atoms with Gasteiger partial charge in [-0.3, -0.25) is 9.59 Å². The Bertz CT molecular complexity index is 1460. The van der Waals surface area contributed by atoms with Gasteiger partial charge in [-0.1, -0.05) is 54.1 Å². The number of hydrogen-bond acceptors (Lipinski definition) is 5. The van der Waals surface area contributed by atoms with E-state index in [4.69, 9.17) is 0 Å². The van der Waals surface area contributed by atoms with Crippen LogP contribution in [0.2, 0.25) is 0 Å². The van der Waals surface area contributed by atoms with Crippen LogP contribution in [0.15, 0.2) is 102 Å². The lowest BCUT2D eigenvalue weighted by atomic mass is 10.1. The Morgan fingerprint density at radius 1 is 0.784 bits per heavy atom. The highest BCUT2D eigenvalue weighted by atomic mass is 32.2. The van der Waals surface area contributed by atoms with Gasteiger partial charge in [0.1, 0.15) is 16.6 Å². The Kier molecular flexibility index (Phi) is 7.90. The molecule has 4 aromatic carbocycles. The molecule has 2 amide bonds. The molecule has 4 N–H and O–H groups in total. The Morgan fingerprint density at radius 3 is 2.24 bits per heavy atom. The number of anilines is 2. The lowest BCUT2D eigenvalue weighted by molar-refractivity contribution is -0.115. The normalized spacial score (nSPS) is 11.4. The summed E-state index contributed by atoms with van der Waals surface area (Å²) in [7, 11) is 0. The first-order valence-electron chi connectivity index (χ1n) is 11.4. The van der Waals surface area contributed by atoms with Gasteiger partial charge in [-0.2, -0.15) is 0 Å². The predicted octanol–water partition coefficient (Wildman–Crippen LogP) is 6.12. The summed E-state index contributed by atoms with van der Waals surface area (Å²) in [5, 5.41) is 24.0. The molecule has 0 heterocycles. The molecule has 37 heavy (non-hydrogen) atoms. The van der Waals surface area contributed by atoms with Crippen molar-refractivity contribution in [1.29, 1.82) is 0 Å². The summed E-state index contributed by atoms with van der Waals surface area (Å²) in [5.74, 6) is -2.28. The second-order valence-corrected chi connectivity index (χ2v) is 9.46. The number of amides is 2. The van der Waals surface area contributed by atoms with E-state index < -0.39 is 11.2 Å². The molecule has 186 valence electrons. The summed E-state index contributed by atoms with van der Waals surface area (Å²) >= 11 is 1.29. The van der Waals surface area contributed by atoms with Crippen molar-refractivity contribution in [3.05, 3.63) is 119 Å².